The minimum Gasteiger partial charge on any atom is -0.467 e. The third-order valence-electron chi connectivity index (χ3n) is 3.03. The highest BCUT2D eigenvalue weighted by Crippen LogP contribution is 2.20. The van der Waals surface area contributed by atoms with Crippen LogP contribution >= 0.6 is 0 Å². The third kappa shape index (κ3) is 2.61. The summed E-state index contributed by atoms with van der Waals surface area (Å²) in [4.78, 5) is 14.8. The van der Waals surface area contributed by atoms with Crippen LogP contribution in [0.25, 0.3) is 0 Å². The maximum Gasteiger partial charge on any atom is 0.324 e. The monoisotopic (exact) mass is 253 g/mol. The molecule has 0 aromatic carbocycles. The lowest BCUT2D eigenvalue weighted by Crippen LogP contribution is -2.51. The fraction of sp³-hybridized carbons (Fsp3) is 0.727. The molecule has 100 valence electrons. The predicted molar refractivity (Wildman–Crippen MR) is 67.2 cm³/mol. The molecule has 1 unspecified atom stereocenters. The van der Waals surface area contributed by atoms with Crippen molar-refractivity contribution in [3.63, 3.8) is 0 Å². The number of methoxy groups -OCH3 is 2. The maximum absolute atomic E-state index is 5.07. The SMILES string of the molecule is CCC1CNCCN1c1nc(OC)nc(OC)n1. The summed E-state index contributed by atoms with van der Waals surface area (Å²) in [6.45, 7) is 4.88. The number of aromatic nitrogens is 3. The number of anilines is 1. The summed E-state index contributed by atoms with van der Waals surface area (Å²) in [7, 11) is 3.07. The van der Waals surface area contributed by atoms with Crippen molar-refractivity contribution >= 4 is 5.95 Å². The van der Waals surface area contributed by atoms with Gasteiger partial charge < -0.3 is 19.7 Å². The Balaban J connectivity index is 2.29. The van der Waals surface area contributed by atoms with E-state index in [4.69, 9.17) is 9.47 Å². The topological polar surface area (TPSA) is 72.4 Å². The number of rotatable bonds is 4. The molecule has 2 rings (SSSR count). The minimum atomic E-state index is 0.283. The lowest BCUT2D eigenvalue weighted by molar-refractivity contribution is 0.337. The molecule has 1 atom stereocenters. The Morgan fingerprint density at radius 1 is 1.22 bits per heavy atom. The van der Waals surface area contributed by atoms with Gasteiger partial charge in [0.25, 0.3) is 0 Å². The number of hydrogen-bond donors (Lipinski definition) is 1. The highest BCUT2D eigenvalue weighted by molar-refractivity contribution is 5.35. The average Bonchev–Trinajstić information content (AvgIpc) is 2.46. The van der Waals surface area contributed by atoms with Gasteiger partial charge in [-0.15, -0.1) is 4.98 Å². The van der Waals surface area contributed by atoms with E-state index in [-0.39, 0.29) is 12.0 Å². The van der Waals surface area contributed by atoms with Crippen LogP contribution in [0, 0.1) is 0 Å². The largest absolute Gasteiger partial charge is 0.467 e. The van der Waals surface area contributed by atoms with Crippen molar-refractivity contribution in [2.45, 2.75) is 19.4 Å². The van der Waals surface area contributed by atoms with Gasteiger partial charge in [-0.3, -0.25) is 0 Å². The van der Waals surface area contributed by atoms with E-state index in [1.807, 2.05) is 0 Å². The average molecular weight is 253 g/mol. The Morgan fingerprint density at radius 3 is 2.44 bits per heavy atom. The summed E-state index contributed by atoms with van der Waals surface area (Å²) in [5.41, 5.74) is 0. The van der Waals surface area contributed by atoms with Crippen molar-refractivity contribution in [1.29, 1.82) is 0 Å². The second kappa shape index (κ2) is 5.81. The van der Waals surface area contributed by atoms with Crippen LogP contribution in [-0.2, 0) is 0 Å². The van der Waals surface area contributed by atoms with Gasteiger partial charge >= 0.3 is 12.0 Å². The van der Waals surface area contributed by atoms with Gasteiger partial charge in [0, 0.05) is 25.7 Å². The Morgan fingerprint density at radius 2 is 1.89 bits per heavy atom. The second-order valence-corrected chi connectivity index (χ2v) is 4.07. The lowest BCUT2D eigenvalue weighted by atomic mass is 10.1. The number of nitrogens with zero attached hydrogens (tertiary/aromatic N) is 4. The molecule has 0 aliphatic carbocycles. The zero-order valence-corrected chi connectivity index (χ0v) is 11.0. The highest BCUT2D eigenvalue weighted by atomic mass is 16.5. The van der Waals surface area contributed by atoms with Gasteiger partial charge in [0.1, 0.15) is 0 Å². The Labute approximate surface area is 107 Å². The summed E-state index contributed by atoms with van der Waals surface area (Å²) < 4.78 is 10.1. The van der Waals surface area contributed by atoms with Crippen LogP contribution in [0.15, 0.2) is 0 Å². The molecule has 0 radical (unpaired) electrons. The molecule has 1 saturated heterocycles. The number of hydrogen-bond acceptors (Lipinski definition) is 7. The summed E-state index contributed by atoms with van der Waals surface area (Å²) >= 11 is 0. The van der Waals surface area contributed by atoms with Crippen molar-refractivity contribution in [1.82, 2.24) is 20.3 Å². The summed E-state index contributed by atoms with van der Waals surface area (Å²) in [5, 5.41) is 3.37. The van der Waals surface area contributed by atoms with Crippen molar-refractivity contribution < 1.29 is 9.47 Å². The third-order valence-corrected chi connectivity index (χ3v) is 3.03. The minimum absolute atomic E-state index is 0.283. The first-order chi connectivity index (χ1) is 8.78. The fourth-order valence-electron chi connectivity index (χ4n) is 2.03. The van der Waals surface area contributed by atoms with E-state index in [9.17, 15) is 0 Å². The second-order valence-electron chi connectivity index (χ2n) is 4.07. The first-order valence-corrected chi connectivity index (χ1v) is 6.10. The van der Waals surface area contributed by atoms with Gasteiger partial charge in [-0.05, 0) is 6.42 Å². The molecule has 7 nitrogen and oxygen atoms in total. The molecule has 1 N–H and O–H groups in total. The molecule has 0 amide bonds. The number of ether oxygens (including phenoxy) is 2. The summed E-state index contributed by atoms with van der Waals surface area (Å²) in [5.74, 6) is 0.618. The van der Waals surface area contributed by atoms with Crippen LogP contribution in [0.5, 0.6) is 12.0 Å². The van der Waals surface area contributed by atoms with Gasteiger partial charge in [0.2, 0.25) is 5.95 Å². The van der Waals surface area contributed by atoms with Crippen LogP contribution in [0.1, 0.15) is 13.3 Å². The lowest BCUT2D eigenvalue weighted by Gasteiger charge is -2.35. The Hall–Kier alpha value is -1.63. The first kappa shape index (κ1) is 12.8. The standard InChI is InChI=1S/C11H19N5O2/c1-4-8-7-12-5-6-16(8)9-13-10(17-2)15-11(14-9)18-3/h8,12H,4-7H2,1-3H3. The van der Waals surface area contributed by atoms with Gasteiger partial charge in [0.15, 0.2) is 0 Å². The number of nitrogens with one attached hydrogen (secondary N) is 1. The van der Waals surface area contributed by atoms with E-state index in [0.717, 1.165) is 26.1 Å². The molecular formula is C11H19N5O2. The van der Waals surface area contributed by atoms with Crippen molar-refractivity contribution in [2.24, 2.45) is 0 Å². The van der Waals surface area contributed by atoms with Crippen LogP contribution in [-0.4, -0.2) is 54.8 Å². The van der Waals surface area contributed by atoms with Gasteiger partial charge in [-0.1, -0.05) is 6.92 Å². The van der Waals surface area contributed by atoms with E-state index in [1.54, 1.807) is 0 Å². The molecule has 1 aliphatic rings. The molecular weight excluding hydrogens is 234 g/mol. The summed E-state index contributed by atoms with van der Waals surface area (Å²) in [6, 6.07) is 0.950. The van der Waals surface area contributed by atoms with Crippen LogP contribution in [0.2, 0.25) is 0 Å². The molecule has 1 aliphatic heterocycles. The van der Waals surface area contributed by atoms with Gasteiger partial charge in [0.05, 0.1) is 14.2 Å². The van der Waals surface area contributed by atoms with Crippen LogP contribution < -0.4 is 19.7 Å². The predicted octanol–water partition coefficient (Wildman–Crippen LogP) is 0.0770. The summed E-state index contributed by atoms with van der Waals surface area (Å²) in [6.07, 6.45) is 1.03. The maximum atomic E-state index is 5.07. The zero-order valence-electron chi connectivity index (χ0n) is 11.0. The normalized spacial score (nSPS) is 19.7. The van der Waals surface area contributed by atoms with E-state index in [1.165, 1.54) is 14.2 Å². The van der Waals surface area contributed by atoms with E-state index in [0.29, 0.717) is 12.0 Å². The fourth-order valence-corrected chi connectivity index (χ4v) is 2.03. The van der Waals surface area contributed by atoms with Crippen LogP contribution in [0.3, 0.4) is 0 Å². The molecule has 1 aromatic rings. The highest BCUT2D eigenvalue weighted by Gasteiger charge is 2.24. The molecule has 2 heterocycles. The number of piperazine rings is 1. The molecule has 1 fully saturated rings. The van der Waals surface area contributed by atoms with Crippen molar-refractivity contribution in [3.8, 4) is 12.0 Å². The van der Waals surface area contributed by atoms with Gasteiger partial charge in [-0.2, -0.15) is 9.97 Å². The first-order valence-electron chi connectivity index (χ1n) is 6.10. The molecule has 0 bridgehead atoms. The van der Waals surface area contributed by atoms with E-state index >= 15 is 0 Å². The molecule has 0 saturated carbocycles. The van der Waals surface area contributed by atoms with Gasteiger partial charge in [-0.25, -0.2) is 0 Å². The molecule has 18 heavy (non-hydrogen) atoms. The smallest absolute Gasteiger partial charge is 0.324 e. The van der Waals surface area contributed by atoms with E-state index < -0.39 is 0 Å². The molecule has 1 aromatic heterocycles. The van der Waals surface area contributed by atoms with Crippen molar-refractivity contribution in [3.05, 3.63) is 0 Å². The zero-order chi connectivity index (χ0) is 13.0. The van der Waals surface area contributed by atoms with Crippen LogP contribution in [0.4, 0.5) is 5.95 Å². The van der Waals surface area contributed by atoms with Crippen molar-refractivity contribution in [2.75, 3.05) is 38.8 Å². The Kier molecular flexibility index (Phi) is 4.14. The quantitative estimate of drug-likeness (QED) is 0.814. The van der Waals surface area contributed by atoms with E-state index in [2.05, 4.69) is 32.1 Å². The molecule has 7 heteroatoms. The molecule has 0 spiro atoms. The Bertz CT molecular complexity index is 379.